The molecule has 25 heavy (non-hydrogen) atoms. The van der Waals surface area contributed by atoms with Crippen molar-refractivity contribution in [1.29, 1.82) is 0 Å². The van der Waals surface area contributed by atoms with Gasteiger partial charge in [-0.1, -0.05) is 23.7 Å². The van der Waals surface area contributed by atoms with Crippen molar-refractivity contribution < 1.29 is 4.79 Å². The van der Waals surface area contributed by atoms with Gasteiger partial charge in [0.25, 0.3) is 5.91 Å². The third-order valence-electron chi connectivity index (χ3n) is 5.10. The van der Waals surface area contributed by atoms with Crippen LogP contribution in [0.2, 0.25) is 5.02 Å². The zero-order chi connectivity index (χ0) is 17.0. The van der Waals surface area contributed by atoms with Crippen LogP contribution < -0.4 is 5.32 Å². The monoisotopic (exact) mass is 352 g/mol. The zero-order valence-corrected chi connectivity index (χ0v) is 14.3. The summed E-state index contributed by atoms with van der Waals surface area (Å²) in [4.78, 5) is 21.6. The Labute approximate surface area is 150 Å². The molecule has 0 aliphatic heterocycles. The molecular formula is C19H17ClN4O. The molecule has 5 rings (SSSR count). The predicted octanol–water partition coefficient (Wildman–Crippen LogP) is 3.84. The number of aromatic nitrogens is 3. The van der Waals surface area contributed by atoms with Gasteiger partial charge in [-0.05, 0) is 49.4 Å². The molecule has 126 valence electrons. The van der Waals surface area contributed by atoms with E-state index in [0.717, 1.165) is 29.6 Å². The summed E-state index contributed by atoms with van der Waals surface area (Å²) in [6, 6.07) is 10.0. The molecule has 1 N–H and O–H groups in total. The maximum absolute atomic E-state index is 12.7. The standard InChI is InChI=1S/C19H17ClN4O/c20-14-3-1-2-13(9-14)19(6-7-19)23-18(25)12-8-16-17(21-10-12)24(11-22-16)15-4-5-15/h1-3,8-11,15H,4-7H2,(H,23,25). The Bertz CT molecular complexity index is 988. The van der Waals surface area contributed by atoms with E-state index in [9.17, 15) is 4.79 Å². The molecule has 6 heteroatoms. The topological polar surface area (TPSA) is 59.8 Å². The number of carbonyl (C=O) groups excluding carboxylic acids is 1. The van der Waals surface area contributed by atoms with Gasteiger partial charge in [-0.25, -0.2) is 9.97 Å². The zero-order valence-electron chi connectivity index (χ0n) is 13.6. The Hall–Kier alpha value is -2.40. The van der Waals surface area contributed by atoms with Crippen LogP contribution in [0.15, 0.2) is 42.9 Å². The van der Waals surface area contributed by atoms with Gasteiger partial charge in [0, 0.05) is 17.3 Å². The molecule has 0 atom stereocenters. The van der Waals surface area contributed by atoms with Gasteiger partial charge >= 0.3 is 0 Å². The van der Waals surface area contributed by atoms with Gasteiger partial charge in [-0.15, -0.1) is 0 Å². The van der Waals surface area contributed by atoms with Gasteiger partial charge in [0.15, 0.2) is 5.65 Å². The van der Waals surface area contributed by atoms with E-state index in [1.54, 1.807) is 6.20 Å². The van der Waals surface area contributed by atoms with E-state index in [4.69, 9.17) is 11.6 Å². The highest BCUT2D eigenvalue weighted by Crippen LogP contribution is 2.46. The number of nitrogens with one attached hydrogen (secondary N) is 1. The molecule has 2 aromatic heterocycles. The predicted molar refractivity (Wildman–Crippen MR) is 95.6 cm³/mol. The van der Waals surface area contributed by atoms with Crippen LogP contribution in [-0.4, -0.2) is 20.4 Å². The summed E-state index contributed by atoms with van der Waals surface area (Å²) < 4.78 is 2.10. The number of imidazole rings is 1. The van der Waals surface area contributed by atoms with E-state index in [1.807, 2.05) is 36.7 Å². The number of amides is 1. The van der Waals surface area contributed by atoms with E-state index in [-0.39, 0.29) is 11.4 Å². The molecule has 0 unspecified atom stereocenters. The number of rotatable bonds is 4. The lowest BCUT2D eigenvalue weighted by molar-refractivity contribution is 0.0930. The maximum atomic E-state index is 12.7. The minimum absolute atomic E-state index is 0.118. The fraction of sp³-hybridized carbons (Fsp3) is 0.316. The number of hydrogen-bond donors (Lipinski definition) is 1. The summed E-state index contributed by atoms with van der Waals surface area (Å²) >= 11 is 6.10. The first-order valence-electron chi connectivity index (χ1n) is 8.56. The largest absolute Gasteiger partial charge is 0.342 e. The number of hydrogen-bond acceptors (Lipinski definition) is 3. The average molecular weight is 353 g/mol. The third-order valence-corrected chi connectivity index (χ3v) is 5.33. The van der Waals surface area contributed by atoms with Crippen molar-refractivity contribution in [3.05, 3.63) is 59.0 Å². The first kappa shape index (κ1) is 14.9. The average Bonchev–Trinajstić information content (AvgIpc) is 3.54. The maximum Gasteiger partial charge on any atom is 0.253 e. The molecule has 0 bridgehead atoms. The van der Waals surface area contributed by atoms with Crippen molar-refractivity contribution in [2.45, 2.75) is 37.3 Å². The number of benzene rings is 1. The van der Waals surface area contributed by atoms with E-state index in [1.165, 1.54) is 12.8 Å². The van der Waals surface area contributed by atoms with Crippen LogP contribution in [0.3, 0.4) is 0 Å². The molecule has 2 aliphatic carbocycles. The quantitative estimate of drug-likeness (QED) is 0.776. The highest BCUT2D eigenvalue weighted by Gasteiger charge is 2.45. The molecule has 0 radical (unpaired) electrons. The van der Waals surface area contributed by atoms with Crippen LogP contribution in [0.5, 0.6) is 0 Å². The summed E-state index contributed by atoms with van der Waals surface area (Å²) in [5.41, 5.74) is 2.93. The van der Waals surface area contributed by atoms with Gasteiger partial charge in [-0.2, -0.15) is 0 Å². The van der Waals surface area contributed by atoms with Crippen molar-refractivity contribution in [1.82, 2.24) is 19.9 Å². The van der Waals surface area contributed by atoms with Gasteiger partial charge in [0.2, 0.25) is 0 Å². The number of nitrogens with zero attached hydrogens (tertiary/aromatic N) is 3. The summed E-state index contributed by atoms with van der Waals surface area (Å²) in [6.45, 7) is 0. The lowest BCUT2D eigenvalue weighted by atomic mass is 10.0. The summed E-state index contributed by atoms with van der Waals surface area (Å²) in [6.07, 6.45) is 7.67. The smallest absolute Gasteiger partial charge is 0.253 e. The van der Waals surface area contributed by atoms with Crippen molar-refractivity contribution in [3.8, 4) is 0 Å². The molecule has 5 nitrogen and oxygen atoms in total. The lowest BCUT2D eigenvalue weighted by Crippen LogP contribution is -2.34. The molecule has 2 fully saturated rings. The van der Waals surface area contributed by atoms with Crippen molar-refractivity contribution in [2.75, 3.05) is 0 Å². The second kappa shape index (κ2) is 5.30. The second-order valence-corrected chi connectivity index (χ2v) is 7.43. The SMILES string of the molecule is O=C(NC1(c2cccc(Cl)c2)CC1)c1cnc2c(c1)ncn2C1CC1. The minimum Gasteiger partial charge on any atom is -0.342 e. The highest BCUT2D eigenvalue weighted by molar-refractivity contribution is 6.30. The Kier molecular flexibility index (Phi) is 3.16. The lowest BCUT2D eigenvalue weighted by Gasteiger charge is -2.18. The second-order valence-electron chi connectivity index (χ2n) is 7.00. The van der Waals surface area contributed by atoms with Crippen LogP contribution in [0.4, 0.5) is 0 Å². The van der Waals surface area contributed by atoms with Gasteiger partial charge in [0.1, 0.15) is 5.52 Å². The Balaban J connectivity index is 1.41. The van der Waals surface area contributed by atoms with E-state index < -0.39 is 0 Å². The minimum atomic E-state index is -0.301. The molecule has 3 aromatic rings. The number of carbonyl (C=O) groups is 1. The fourth-order valence-electron chi connectivity index (χ4n) is 3.35. The van der Waals surface area contributed by atoms with E-state index in [2.05, 4.69) is 19.9 Å². The molecule has 1 amide bonds. The van der Waals surface area contributed by atoms with Crippen molar-refractivity contribution >= 4 is 28.7 Å². The van der Waals surface area contributed by atoms with Gasteiger partial charge in [0.05, 0.1) is 17.4 Å². The van der Waals surface area contributed by atoms with Crippen LogP contribution in [0.1, 0.15) is 47.6 Å². The number of halogens is 1. The molecule has 1 aromatic carbocycles. The Morgan fingerprint density at radius 2 is 2.08 bits per heavy atom. The molecule has 0 saturated heterocycles. The van der Waals surface area contributed by atoms with Crippen LogP contribution >= 0.6 is 11.6 Å². The molecule has 2 aliphatic rings. The molecular weight excluding hydrogens is 336 g/mol. The summed E-state index contributed by atoms with van der Waals surface area (Å²) in [7, 11) is 0. The fourth-order valence-corrected chi connectivity index (χ4v) is 3.54. The Morgan fingerprint density at radius 1 is 1.24 bits per heavy atom. The number of pyridine rings is 1. The van der Waals surface area contributed by atoms with Gasteiger partial charge in [-0.3, -0.25) is 4.79 Å². The van der Waals surface area contributed by atoms with Gasteiger partial charge < -0.3 is 9.88 Å². The van der Waals surface area contributed by atoms with Crippen molar-refractivity contribution in [3.63, 3.8) is 0 Å². The Morgan fingerprint density at radius 3 is 2.80 bits per heavy atom. The number of fused-ring (bicyclic) bond motifs is 1. The van der Waals surface area contributed by atoms with Crippen LogP contribution in [0, 0.1) is 0 Å². The summed E-state index contributed by atoms with van der Waals surface area (Å²) in [5, 5.41) is 3.85. The van der Waals surface area contributed by atoms with E-state index >= 15 is 0 Å². The highest BCUT2D eigenvalue weighted by atomic mass is 35.5. The van der Waals surface area contributed by atoms with Crippen LogP contribution in [-0.2, 0) is 5.54 Å². The summed E-state index contributed by atoms with van der Waals surface area (Å²) in [5.74, 6) is -0.118. The van der Waals surface area contributed by atoms with Crippen LogP contribution in [0.25, 0.3) is 11.2 Å². The molecule has 2 saturated carbocycles. The third kappa shape index (κ3) is 2.59. The first-order valence-corrected chi connectivity index (χ1v) is 8.94. The van der Waals surface area contributed by atoms with Crippen molar-refractivity contribution in [2.24, 2.45) is 0 Å². The van der Waals surface area contributed by atoms with E-state index in [0.29, 0.717) is 16.6 Å². The first-order chi connectivity index (χ1) is 12.1. The molecule has 0 spiro atoms. The molecule has 2 heterocycles. The normalized spacial score (nSPS) is 18.3.